The summed E-state index contributed by atoms with van der Waals surface area (Å²) in [6, 6.07) is 5.46. The first kappa shape index (κ1) is 11.0. The molecule has 14 heavy (non-hydrogen) atoms. The van der Waals surface area contributed by atoms with E-state index >= 15 is 0 Å². The number of aryl methyl sites for hydroxylation is 1. The van der Waals surface area contributed by atoms with Crippen molar-refractivity contribution in [3.05, 3.63) is 28.2 Å². The van der Waals surface area contributed by atoms with Crippen LogP contribution in [0.5, 0.6) is 0 Å². The summed E-state index contributed by atoms with van der Waals surface area (Å²) in [5.74, 6) is -0.360. The normalized spacial score (nSPS) is 12.2. The van der Waals surface area contributed by atoms with Crippen LogP contribution in [-0.4, -0.2) is 11.9 Å². The van der Waals surface area contributed by atoms with E-state index in [0.717, 1.165) is 15.7 Å². The van der Waals surface area contributed by atoms with Gasteiger partial charge in [-0.25, -0.2) is 0 Å². The number of hydrogen-bond donors (Lipinski definition) is 2. The Bertz CT molecular complexity index is 352. The van der Waals surface area contributed by atoms with Crippen LogP contribution in [0.1, 0.15) is 12.5 Å². The van der Waals surface area contributed by atoms with Crippen molar-refractivity contribution in [1.82, 2.24) is 0 Å². The largest absolute Gasteiger partial charge is 0.374 e. The number of nitrogens with one attached hydrogen (secondary N) is 1. The molecule has 0 aliphatic heterocycles. The van der Waals surface area contributed by atoms with Crippen molar-refractivity contribution < 1.29 is 4.79 Å². The Morgan fingerprint density at radius 2 is 2.21 bits per heavy atom. The number of hydrogen-bond acceptors (Lipinski definition) is 2. The molecule has 1 unspecified atom stereocenters. The summed E-state index contributed by atoms with van der Waals surface area (Å²) in [5, 5.41) is 3.00. The zero-order chi connectivity index (χ0) is 10.7. The van der Waals surface area contributed by atoms with E-state index in [9.17, 15) is 4.79 Å². The highest BCUT2D eigenvalue weighted by Crippen LogP contribution is 2.20. The van der Waals surface area contributed by atoms with Gasteiger partial charge in [0.15, 0.2) is 0 Å². The minimum absolute atomic E-state index is 0.357. The lowest BCUT2D eigenvalue weighted by atomic mass is 10.2. The lowest BCUT2D eigenvalue weighted by Gasteiger charge is -2.12. The molecule has 1 rings (SSSR count). The van der Waals surface area contributed by atoms with Crippen LogP contribution in [0.2, 0.25) is 0 Å². The van der Waals surface area contributed by atoms with Crippen LogP contribution in [0.4, 0.5) is 5.69 Å². The molecule has 3 nitrogen and oxygen atoms in total. The lowest BCUT2D eigenvalue weighted by molar-refractivity contribution is -0.118. The monoisotopic (exact) mass is 256 g/mol. The lowest BCUT2D eigenvalue weighted by Crippen LogP contribution is -2.32. The Balaban J connectivity index is 2.78. The van der Waals surface area contributed by atoms with Gasteiger partial charge in [-0.15, -0.1) is 0 Å². The zero-order valence-electron chi connectivity index (χ0n) is 8.17. The number of benzene rings is 1. The highest BCUT2D eigenvalue weighted by Gasteiger charge is 2.07. The molecule has 1 aromatic rings. The molecule has 76 valence electrons. The van der Waals surface area contributed by atoms with E-state index in [1.54, 1.807) is 6.92 Å². The smallest absolute Gasteiger partial charge is 0.239 e. The molecular formula is C10H13BrN2O. The first-order valence-electron chi connectivity index (χ1n) is 4.32. The van der Waals surface area contributed by atoms with Gasteiger partial charge in [0.25, 0.3) is 0 Å². The van der Waals surface area contributed by atoms with Crippen LogP contribution in [0, 0.1) is 6.92 Å². The standard InChI is InChI=1S/C10H13BrN2O/c1-6-3-4-8(5-9(6)11)13-7(2)10(12)14/h3-5,7,13H,1-2H3,(H2,12,14). The molecule has 0 aliphatic rings. The summed E-state index contributed by atoms with van der Waals surface area (Å²) in [7, 11) is 0. The van der Waals surface area contributed by atoms with Crippen molar-refractivity contribution in [3.63, 3.8) is 0 Å². The Labute approximate surface area is 91.8 Å². The fourth-order valence-corrected chi connectivity index (χ4v) is 1.38. The van der Waals surface area contributed by atoms with Gasteiger partial charge >= 0.3 is 0 Å². The predicted octanol–water partition coefficient (Wildman–Crippen LogP) is 2.04. The maximum atomic E-state index is 10.8. The summed E-state index contributed by atoms with van der Waals surface area (Å²) in [6.07, 6.45) is 0. The number of anilines is 1. The first-order chi connectivity index (χ1) is 6.50. The molecule has 1 aromatic carbocycles. The SMILES string of the molecule is Cc1ccc(NC(C)C(N)=O)cc1Br. The van der Waals surface area contributed by atoms with E-state index < -0.39 is 0 Å². The molecule has 0 spiro atoms. The second-order valence-electron chi connectivity index (χ2n) is 3.23. The van der Waals surface area contributed by atoms with Crippen LogP contribution in [0.25, 0.3) is 0 Å². The molecule has 0 aromatic heterocycles. The number of nitrogens with two attached hydrogens (primary N) is 1. The van der Waals surface area contributed by atoms with Gasteiger partial charge in [-0.05, 0) is 31.5 Å². The Kier molecular flexibility index (Phi) is 3.52. The second kappa shape index (κ2) is 4.46. The van der Waals surface area contributed by atoms with Crippen LogP contribution in [0.15, 0.2) is 22.7 Å². The van der Waals surface area contributed by atoms with E-state index in [0.29, 0.717) is 0 Å². The number of amides is 1. The van der Waals surface area contributed by atoms with E-state index in [2.05, 4.69) is 21.2 Å². The molecule has 0 bridgehead atoms. The average molecular weight is 257 g/mol. The van der Waals surface area contributed by atoms with E-state index in [-0.39, 0.29) is 11.9 Å². The number of halogens is 1. The molecule has 0 heterocycles. The third kappa shape index (κ3) is 2.73. The molecule has 0 saturated heterocycles. The molecule has 1 amide bonds. The Hall–Kier alpha value is -1.03. The average Bonchev–Trinajstić information content (AvgIpc) is 2.11. The fourth-order valence-electron chi connectivity index (χ4n) is 1.00. The highest BCUT2D eigenvalue weighted by atomic mass is 79.9. The van der Waals surface area contributed by atoms with Crippen molar-refractivity contribution in [2.24, 2.45) is 5.73 Å². The molecule has 3 N–H and O–H groups in total. The van der Waals surface area contributed by atoms with Gasteiger partial charge in [-0.2, -0.15) is 0 Å². The quantitative estimate of drug-likeness (QED) is 0.870. The summed E-state index contributed by atoms with van der Waals surface area (Å²) >= 11 is 3.42. The Morgan fingerprint density at radius 1 is 1.57 bits per heavy atom. The maximum absolute atomic E-state index is 10.8. The van der Waals surface area contributed by atoms with E-state index in [1.807, 2.05) is 25.1 Å². The summed E-state index contributed by atoms with van der Waals surface area (Å²) in [6.45, 7) is 3.74. The van der Waals surface area contributed by atoms with Crippen molar-refractivity contribution in [2.75, 3.05) is 5.32 Å². The van der Waals surface area contributed by atoms with Gasteiger partial charge in [0.05, 0.1) is 0 Å². The Morgan fingerprint density at radius 3 is 2.71 bits per heavy atom. The minimum atomic E-state index is -0.360. The third-order valence-corrected chi connectivity index (χ3v) is 2.84. The summed E-state index contributed by atoms with van der Waals surface area (Å²) < 4.78 is 1.01. The van der Waals surface area contributed by atoms with Gasteiger partial charge in [-0.1, -0.05) is 22.0 Å². The van der Waals surface area contributed by atoms with Crippen LogP contribution in [-0.2, 0) is 4.79 Å². The third-order valence-electron chi connectivity index (χ3n) is 1.98. The topological polar surface area (TPSA) is 55.1 Å². The van der Waals surface area contributed by atoms with Gasteiger partial charge in [0.1, 0.15) is 6.04 Å². The van der Waals surface area contributed by atoms with Crippen LogP contribution >= 0.6 is 15.9 Å². The number of rotatable bonds is 3. The zero-order valence-corrected chi connectivity index (χ0v) is 9.76. The molecule has 0 aliphatic carbocycles. The molecule has 4 heteroatoms. The summed E-state index contributed by atoms with van der Waals surface area (Å²) in [5.41, 5.74) is 7.18. The van der Waals surface area contributed by atoms with Crippen molar-refractivity contribution in [3.8, 4) is 0 Å². The molecule has 0 fully saturated rings. The molecular weight excluding hydrogens is 244 g/mol. The maximum Gasteiger partial charge on any atom is 0.239 e. The van der Waals surface area contributed by atoms with Gasteiger partial charge < -0.3 is 11.1 Å². The van der Waals surface area contributed by atoms with E-state index in [4.69, 9.17) is 5.73 Å². The van der Waals surface area contributed by atoms with Crippen molar-refractivity contribution >= 4 is 27.5 Å². The molecule has 0 radical (unpaired) electrons. The van der Waals surface area contributed by atoms with Gasteiger partial charge in [-0.3, -0.25) is 4.79 Å². The minimum Gasteiger partial charge on any atom is -0.374 e. The first-order valence-corrected chi connectivity index (χ1v) is 5.12. The van der Waals surface area contributed by atoms with Gasteiger partial charge in [0.2, 0.25) is 5.91 Å². The van der Waals surface area contributed by atoms with Crippen LogP contribution in [0.3, 0.4) is 0 Å². The number of carbonyl (C=O) groups is 1. The molecule has 1 atom stereocenters. The molecule has 0 saturated carbocycles. The van der Waals surface area contributed by atoms with Crippen molar-refractivity contribution in [1.29, 1.82) is 0 Å². The van der Waals surface area contributed by atoms with Gasteiger partial charge in [0, 0.05) is 10.2 Å². The highest BCUT2D eigenvalue weighted by molar-refractivity contribution is 9.10. The summed E-state index contributed by atoms with van der Waals surface area (Å²) in [4.78, 5) is 10.8. The second-order valence-corrected chi connectivity index (χ2v) is 4.09. The number of carbonyl (C=O) groups excluding carboxylic acids is 1. The van der Waals surface area contributed by atoms with Crippen LogP contribution < -0.4 is 11.1 Å². The number of primary amides is 1. The van der Waals surface area contributed by atoms with E-state index in [1.165, 1.54) is 0 Å². The predicted molar refractivity (Wildman–Crippen MR) is 61.2 cm³/mol. The van der Waals surface area contributed by atoms with Crippen molar-refractivity contribution in [2.45, 2.75) is 19.9 Å². The fraction of sp³-hybridized carbons (Fsp3) is 0.300.